The van der Waals surface area contributed by atoms with Crippen LogP contribution in [0.2, 0.25) is 0 Å². The molecule has 0 aromatic rings. The highest BCUT2D eigenvalue weighted by Crippen LogP contribution is 2.15. The van der Waals surface area contributed by atoms with Gasteiger partial charge in [0.25, 0.3) is 0 Å². The van der Waals surface area contributed by atoms with E-state index in [0.29, 0.717) is 12.5 Å². The molecule has 2 atom stereocenters. The highest BCUT2D eigenvalue weighted by molar-refractivity contribution is 7.98. The topological polar surface area (TPSA) is 69.6 Å². The Bertz CT molecular complexity index is 311. The van der Waals surface area contributed by atoms with E-state index in [1.165, 1.54) is 0 Å². The molecular formula is C14H28N2O3S. The molecule has 0 heterocycles. The first-order valence-electron chi connectivity index (χ1n) is 6.99. The number of aliphatic carboxylic acids is 1. The van der Waals surface area contributed by atoms with Gasteiger partial charge < -0.3 is 15.3 Å². The molecule has 0 aliphatic heterocycles. The molecule has 0 saturated heterocycles. The number of urea groups is 1. The van der Waals surface area contributed by atoms with Gasteiger partial charge in [0, 0.05) is 31.8 Å². The van der Waals surface area contributed by atoms with Gasteiger partial charge in [-0.25, -0.2) is 4.79 Å². The van der Waals surface area contributed by atoms with Gasteiger partial charge >= 0.3 is 12.0 Å². The van der Waals surface area contributed by atoms with Crippen LogP contribution < -0.4 is 5.32 Å². The molecule has 0 fully saturated rings. The highest BCUT2D eigenvalue weighted by Gasteiger charge is 2.19. The van der Waals surface area contributed by atoms with Crippen LogP contribution in [0, 0.1) is 11.8 Å². The van der Waals surface area contributed by atoms with Gasteiger partial charge in [0.1, 0.15) is 0 Å². The van der Waals surface area contributed by atoms with Crippen molar-refractivity contribution < 1.29 is 14.7 Å². The van der Waals surface area contributed by atoms with Crippen LogP contribution in [0.5, 0.6) is 0 Å². The summed E-state index contributed by atoms with van der Waals surface area (Å²) in [7, 11) is 1.77. The average Bonchev–Trinajstić information content (AvgIpc) is 2.33. The SMILES string of the molecule is CSCC(C)N(C)C(=O)NC[C@H](CC(=O)O)CC(C)C. The van der Waals surface area contributed by atoms with E-state index in [-0.39, 0.29) is 24.4 Å². The van der Waals surface area contributed by atoms with E-state index in [0.717, 1.165) is 12.2 Å². The fraction of sp³-hybridized carbons (Fsp3) is 0.857. The van der Waals surface area contributed by atoms with Gasteiger partial charge in [-0.3, -0.25) is 4.79 Å². The fourth-order valence-corrected chi connectivity index (χ4v) is 2.77. The number of hydrogen-bond acceptors (Lipinski definition) is 3. The van der Waals surface area contributed by atoms with E-state index in [4.69, 9.17) is 5.11 Å². The summed E-state index contributed by atoms with van der Waals surface area (Å²) in [5.41, 5.74) is 0. The molecule has 0 aliphatic rings. The summed E-state index contributed by atoms with van der Waals surface area (Å²) in [6.07, 6.45) is 2.91. The van der Waals surface area contributed by atoms with Crippen LogP contribution >= 0.6 is 11.8 Å². The van der Waals surface area contributed by atoms with Crippen LogP contribution in [0.15, 0.2) is 0 Å². The smallest absolute Gasteiger partial charge is 0.317 e. The van der Waals surface area contributed by atoms with Crippen LogP contribution in [0.4, 0.5) is 4.79 Å². The predicted molar refractivity (Wildman–Crippen MR) is 84.2 cm³/mol. The van der Waals surface area contributed by atoms with E-state index in [2.05, 4.69) is 19.2 Å². The average molecular weight is 304 g/mol. The molecular weight excluding hydrogens is 276 g/mol. The molecule has 0 rings (SSSR count). The second-order valence-electron chi connectivity index (χ2n) is 5.69. The zero-order valence-electron chi connectivity index (χ0n) is 13.2. The first kappa shape index (κ1) is 19.1. The quantitative estimate of drug-likeness (QED) is 0.687. The largest absolute Gasteiger partial charge is 0.481 e. The van der Waals surface area contributed by atoms with Crippen molar-refractivity contribution in [3.63, 3.8) is 0 Å². The Morgan fingerprint density at radius 3 is 2.35 bits per heavy atom. The van der Waals surface area contributed by atoms with Gasteiger partial charge in [-0.15, -0.1) is 0 Å². The standard InChI is InChI=1S/C14H28N2O3S/c1-10(2)6-12(7-13(17)18)8-15-14(19)16(4)11(3)9-20-5/h10-12H,6-9H2,1-5H3,(H,15,19)(H,17,18)/t11?,12-/m0/s1. The molecule has 0 aromatic carbocycles. The zero-order chi connectivity index (χ0) is 15.7. The number of thioether (sulfide) groups is 1. The number of carbonyl (C=O) groups is 2. The Balaban J connectivity index is 4.31. The molecule has 0 spiro atoms. The fourth-order valence-electron chi connectivity index (χ4n) is 2.06. The zero-order valence-corrected chi connectivity index (χ0v) is 14.0. The molecule has 0 radical (unpaired) electrons. The lowest BCUT2D eigenvalue weighted by atomic mass is 9.94. The van der Waals surface area contributed by atoms with E-state index >= 15 is 0 Å². The van der Waals surface area contributed by atoms with E-state index < -0.39 is 5.97 Å². The number of amides is 2. The molecule has 0 saturated carbocycles. The van der Waals surface area contributed by atoms with Crippen LogP contribution in [-0.4, -0.2) is 53.6 Å². The Morgan fingerprint density at radius 1 is 1.30 bits per heavy atom. The minimum Gasteiger partial charge on any atom is -0.481 e. The third kappa shape index (κ3) is 8.30. The maximum atomic E-state index is 12.0. The summed E-state index contributed by atoms with van der Waals surface area (Å²) in [5, 5.41) is 11.8. The minimum atomic E-state index is -0.811. The van der Waals surface area contributed by atoms with Crippen LogP contribution in [0.3, 0.4) is 0 Å². The van der Waals surface area contributed by atoms with Crippen molar-refractivity contribution in [1.82, 2.24) is 10.2 Å². The number of carboxylic acids is 1. The summed E-state index contributed by atoms with van der Waals surface area (Å²) >= 11 is 1.70. The molecule has 6 heteroatoms. The first-order chi connectivity index (χ1) is 9.27. The van der Waals surface area contributed by atoms with Crippen molar-refractivity contribution in [1.29, 1.82) is 0 Å². The molecule has 118 valence electrons. The van der Waals surface area contributed by atoms with Crippen LogP contribution in [0.25, 0.3) is 0 Å². The Kier molecular flexibility index (Phi) is 9.46. The van der Waals surface area contributed by atoms with Crippen LogP contribution in [-0.2, 0) is 4.79 Å². The van der Waals surface area contributed by atoms with Crippen molar-refractivity contribution >= 4 is 23.8 Å². The maximum absolute atomic E-state index is 12.0. The van der Waals surface area contributed by atoms with Gasteiger partial charge in [0.05, 0.1) is 0 Å². The van der Waals surface area contributed by atoms with Gasteiger partial charge in [0.15, 0.2) is 0 Å². The summed E-state index contributed by atoms with van der Waals surface area (Å²) < 4.78 is 0. The summed E-state index contributed by atoms with van der Waals surface area (Å²) in [5.74, 6) is 0.480. The number of carboxylic acid groups (broad SMARTS) is 1. The monoisotopic (exact) mass is 304 g/mol. The van der Waals surface area contributed by atoms with Crippen LogP contribution in [0.1, 0.15) is 33.6 Å². The second kappa shape index (κ2) is 9.91. The van der Waals surface area contributed by atoms with Gasteiger partial charge in [-0.2, -0.15) is 11.8 Å². The number of hydrogen-bond donors (Lipinski definition) is 2. The van der Waals surface area contributed by atoms with Gasteiger partial charge in [-0.05, 0) is 31.4 Å². The Hall–Kier alpha value is -0.910. The van der Waals surface area contributed by atoms with Crippen molar-refractivity contribution in [2.75, 3.05) is 25.6 Å². The van der Waals surface area contributed by atoms with Gasteiger partial charge in [-0.1, -0.05) is 13.8 Å². The maximum Gasteiger partial charge on any atom is 0.317 e. The molecule has 20 heavy (non-hydrogen) atoms. The molecule has 2 amide bonds. The molecule has 5 nitrogen and oxygen atoms in total. The minimum absolute atomic E-state index is 0.0132. The summed E-state index contributed by atoms with van der Waals surface area (Å²) in [6, 6.07) is 0.0266. The lowest BCUT2D eigenvalue weighted by Crippen LogP contribution is -2.45. The van der Waals surface area contributed by atoms with E-state index in [1.807, 2.05) is 13.2 Å². The molecule has 0 aromatic heterocycles. The molecule has 2 N–H and O–H groups in total. The van der Waals surface area contributed by atoms with Crippen molar-refractivity contribution in [2.24, 2.45) is 11.8 Å². The van der Waals surface area contributed by atoms with Gasteiger partial charge in [0.2, 0.25) is 0 Å². The predicted octanol–water partition coefficient (Wildman–Crippen LogP) is 2.52. The number of nitrogens with zero attached hydrogens (tertiary/aromatic N) is 1. The normalized spacial score (nSPS) is 13.9. The third-order valence-electron chi connectivity index (χ3n) is 3.20. The highest BCUT2D eigenvalue weighted by atomic mass is 32.2. The first-order valence-corrected chi connectivity index (χ1v) is 8.38. The van der Waals surface area contributed by atoms with Crippen molar-refractivity contribution in [2.45, 2.75) is 39.7 Å². The molecule has 0 bridgehead atoms. The number of rotatable bonds is 9. The van der Waals surface area contributed by atoms with E-state index in [1.54, 1.807) is 23.7 Å². The lowest BCUT2D eigenvalue weighted by Gasteiger charge is -2.26. The molecule has 0 aliphatic carbocycles. The Morgan fingerprint density at radius 2 is 1.90 bits per heavy atom. The third-order valence-corrected chi connectivity index (χ3v) is 4.02. The van der Waals surface area contributed by atoms with E-state index in [9.17, 15) is 9.59 Å². The summed E-state index contributed by atoms with van der Waals surface area (Å²) in [4.78, 5) is 24.5. The number of carbonyl (C=O) groups excluding carboxylic acids is 1. The number of nitrogens with one attached hydrogen (secondary N) is 1. The Labute approximate surface area is 126 Å². The second-order valence-corrected chi connectivity index (χ2v) is 6.61. The summed E-state index contributed by atoms with van der Waals surface area (Å²) in [6.45, 7) is 6.53. The van der Waals surface area contributed by atoms with Crippen molar-refractivity contribution in [3.05, 3.63) is 0 Å². The van der Waals surface area contributed by atoms with Crippen molar-refractivity contribution in [3.8, 4) is 0 Å². The molecule has 1 unspecified atom stereocenters. The lowest BCUT2D eigenvalue weighted by molar-refractivity contribution is -0.138.